The zero-order valence-electron chi connectivity index (χ0n) is 12.1. The van der Waals surface area contributed by atoms with Gasteiger partial charge in [0.2, 0.25) is 5.91 Å². The van der Waals surface area contributed by atoms with Crippen molar-refractivity contribution < 1.29 is 19.4 Å². The Hall–Kier alpha value is -1.10. The lowest BCUT2D eigenvalue weighted by molar-refractivity contribution is -0.142. The zero-order chi connectivity index (χ0) is 14.4. The lowest BCUT2D eigenvalue weighted by Crippen LogP contribution is -2.45. The Morgan fingerprint density at radius 1 is 1.15 bits per heavy atom. The number of likely N-dealkylation sites (tertiary alicyclic amines) is 1. The van der Waals surface area contributed by atoms with E-state index in [-0.39, 0.29) is 24.5 Å². The molecule has 0 aliphatic carbocycles. The number of carboxylic acids is 1. The fraction of sp³-hybridized carbons (Fsp3) is 0.867. The maximum atomic E-state index is 12.4. The third-order valence-corrected chi connectivity index (χ3v) is 4.32. The summed E-state index contributed by atoms with van der Waals surface area (Å²) in [5.74, 6) is -0.634. The van der Waals surface area contributed by atoms with E-state index in [4.69, 9.17) is 9.84 Å². The molecular formula is C15H25NO4. The van der Waals surface area contributed by atoms with Gasteiger partial charge in [0.15, 0.2) is 0 Å². The summed E-state index contributed by atoms with van der Waals surface area (Å²) in [6.07, 6.45) is 7.51. The van der Waals surface area contributed by atoms with Gasteiger partial charge in [0.1, 0.15) is 0 Å². The van der Waals surface area contributed by atoms with Crippen molar-refractivity contribution in [2.75, 3.05) is 13.2 Å². The van der Waals surface area contributed by atoms with Crippen LogP contribution in [-0.4, -0.2) is 47.2 Å². The van der Waals surface area contributed by atoms with Crippen LogP contribution in [0.2, 0.25) is 0 Å². The van der Waals surface area contributed by atoms with Crippen LogP contribution < -0.4 is 0 Å². The Morgan fingerprint density at radius 2 is 1.95 bits per heavy atom. The molecule has 0 unspecified atom stereocenters. The van der Waals surface area contributed by atoms with Gasteiger partial charge in [-0.05, 0) is 44.9 Å². The molecule has 2 aliphatic heterocycles. The van der Waals surface area contributed by atoms with Crippen molar-refractivity contribution in [3.05, 3.63) is 0 Å². The summed E-state index contributed by atoms with van der Waals surface area (Å²) in [7, 11) is 0. The highest BCUT2D eigenvalue weighted by Crippen LogP contribution is 2.24. The van der Waals surface area contributed by atoms with E-state index in [0.29, 0.717) is 12.8 Å². The number of hydrogen-bond donors (Lipinski definition) is 1. The van der Waals surface area contributed by atoms with Crippen molar-refractivity contribution >= 4 is 11.9 Å². The molecule has 0 saturated carbocycles. The second-order valence-corrected chi connectivity index (χ2v) is 5.86. The minimum Gasteiger partial charge on any atom is -0.481 e. The second-order valence-electron chi connectivity index (χ2n) is 5.86. The third kappa shape index (κ3) is 4.47. The first-order valence-electron chi connectivity index (χ1n) is 7.79. The predicted octanol–water partition coefficient (Wildman–Crippen LogP) is 2.19. The van der Waals surface area contributed by atoms with Gasteiger partial charge in [-0.1, -0.05) is 0 Å². The van der Waals surface area contributed by atoms with E-state index >= 15 is 0 Å². The molecule has 0 aromatic heterocycles. The summed E-state index contributed by atoms with van der Waals surface area (Å²) >= 11 is 0. The number of amides is 1. The van der Waals surface area contributed by atoms with Crippen LogP contribution >= 0.6 is 0 Å². The average molecular weight is 283 g/mol. The van der Waals surface area contributed by atoms with Crippen LogP contribution in [0.3, 0.4) is 0 Å². The van der Waals surface area contributed by atoms with Gasteiger partial charge in [-0.3, -0.25) is 9.59 Å². The Bertz CT molecular complexity index is 339. The summed E-state index contributed by atoms with van der Waals surface area (Å²) in [5, 5.41) is 8.81. The number of hydrogen-bond acceptors (Lipinski definition) is 3. The molecule has 2 heterocycles. The molecule has 20 heavy (non-hydrogen) atoms. The molecule has 2 rings (SSSR count). The number of nitrogens with zero attached hydrogens (tertiary/aromatic N) is 1. The lowest BCUT2D eigenvalue weighted by Gasteiger charge is -2.37. The van der Waals surface area contributed by atoms with Crippen molar-refractivity contribution in [3.8, 4) is 0 Å². The summed E-state index contributed by atoms with van der Waals surface area (Å²) in [4.78, 5) is 25.0. The molecule has 2 fully saturated rings. The molecule has 0 bridgehead atoms. The SMILES string of the molecule is O=C(O)CC[C@@H]1CCCCN1C(=O)C[C@@H]1CCCCO1. The quantitative estimate of drug-likeness (QED) is 0.840. The minimum absolute atomic E-state index is 0.0679. The van der Waals surface area contributed by atoms with E-state index in [9.17, 15) is 9.59 Å². The van der Waals surface area contributed by atoms with Gasteiger partial charge in [0.05, 0.1) is 12.5 Å². The van der Waals surface area contributed by atoms with Crippen LogP contribution in [0.5, 0.6) is 0 Å². The first-order chi connectivity index (χ1) is 9.66. The maximum absolute atomic E-state index is 12.4. The monoisotopic (exact) mass is 283 g/mol. The lowest BCUT2D eigenvalue weighted by atomic mass is 9.96. The smallest absolute Gasteiger partial charge is 0.303 e. The highest BCUT2D eigenvalue weighted by Gasteiger charge is 2.29. The van der Waals surface area contributed by atoms with Crippen LogP contribution in [0.4, 0.5) is 0 Å². The van der Waals surface area contributed by atoms with E-state index in [2.05, 4.69) is 0 Å². The number of rotatable bonds is 5. The fourth-order valence-corrected chi connectivity index (χ4v) is 3.20. The Morgan fingerprint density at radius 3 is 2.65 bits per heavy atom. The molecule has 1 N–H and O–H groups in total. The maximum Gasteiger partial charge on any atom is 0.303 e. The zero-order valence-corrected chi connectivity index (χ0v) is 12.1. The van der Waals surface area contributed by atoms with Gasteiger partial charge in [-0.25, -0.2) is 0 Å². The molecular weight excluding hydrogens is 258 g/mol. The highest BCUT2D eigenvalue weighted by atomic mass is 16.5. The molecule has 5 nitrogen and oxygen atoms in total. The largest absolute Gasteiger partial charge is 0.481 e. The van der Waals surface area contributed by atoms with Crippen molar-refractivity contribution in [1.29, 1.82) is 0 Å². The predicted molar refractivity (Wildman–Crippen MR) is 74.4 cm³/mol. The average Bonchev–Trinajstić information content (AvgIpc) is 2.46. The van der Waals surface area contributed by atoms with Crippen molar-refractivity contribution in [3.63, 3.8) is 0 Å². The Labute approximate surface area is 120 Å². The van der Waals surface area contributed by atoms with Gasteiger partial charge in [0.25, 0.3) is 0 Å². The van der Waals surface area contributed by atoms with Crippen LogP contribution in [0, 0.1) is 0 Å². The Kier molecular flexibility index (Phi) is 5.83. The number of carbonyl (C=O) groups is 2. The van der Waals surface area contributed by atoms with Gasteiger partial charge in [-0.15, -0.1) is 0 Å². The molecule has 2 aliphatic rings. The van der Waals surface area contributed by atoms with Gasteiger partial charge < -0.3 is 14.7 Å². The second kappa shape index (κ2) is 7.62. The van der Waals surface area contributed by atoms with Gasteiger partial charge in [-0.2, -0.15) is 0 Å². The van der Waals surface area contributed by atoms with Crippen molar-refractivity contribution in [2.45, 2.75) is 69.9 Å². The summed E-state index contributed by atoms with van der Waals surface area (Å²) < 4.78 is 5.63. The van der Waals surface area contributed by atoms with Gasteiger partial charge in [0, 0.05) is 25.6 Å². The van der Waals surface area contributed by atoms with Crippen LogP contribution in [-0.2, 0) is 14.3 Å². The third-order valence-electron chi connectivity index (χ3n) is 4.32. The fourth-order valence-electron chi connectivity index (χ4n) is 3.20. The highest BCUT2D eigenvalue weighted by molar-refractivity contribution is 5.77. The summed E-state index contributed by atoms with van der Waals surface area (Å²) in [5.41, 5.74) is 0. The van der Waals surface area contributed by atoms with Crippen LogP contribution in [0.25, 0.3) is 0 Å². The number of piperidine rings is 1. The first kappa shape index (κ1) is 15.3. The van der Waals surface area contributed by atoms with Crippen LogP contribution in [0.1, 0.15) is 57.8 Å². The molecule has 5 heteroatoms. The van der Waals surface area contributed by atoms with E-state index < -0.39 is 5.97 Å². The van der Waals surface area contributed by atoms with Crippen molar-refractivity contribution in [2.24, 2.45) is 0 Å². The number of carbonyl (C=O) groups excluding carboxylic acids is 1. The topological polar surface area (TPSA) is 66.8 Å². The molecule has 114 valence electrons. The number of carboxylic acid groups (broad SMARTS) is 1. The molecule has 1 amide bonds. The van der Waals surface area contributed by atoms with E-state index in [0.717, 1.165) is 51.7 Å². The summed E-state index contributed by atoms with van der Waals surface area (Å²) in [6.45, 7) is 1.54. The summed E-state index contributed by atoms with van der Waals surface area (Å²) in [6, 6.07) is 0.107. The number of aliphatic carboxylic acids is 1. The first-order valence-corrected chi connectivity index (χ1v) is 7.79. The van der Waals surface area contributed by atoms with E-state index in [1.54, 1.807) is 0 Å². The molecule has 0 radical (unpaired) electrons. The van der Waals surface area contributed by atoms with Gasteiger partial charge >= 0.3 is 5.97 Å². The Balaban J connectivity index is 1.85. The molecule has 0 spiro atoms. The van der Waals surface area contributed by atoms with E-state index in [1.807, 2.05) is 4.90 Å². The molecule has 2 atom stereocenters. The number of ether oxygens (including phenoxy) is 1. The molecule has 0 aromatic carbocycles. The molecule has 2 saturated heterocycles. The normalized spacial score (nSPS) is 27.3. The van der Waals surface area contributed by atoms with Crippen LogP contribution in [0.15, 0.2) is 0 Å². The standard InChI is InChI=1S/C15H25NO4/c17-14(11-13-6-2-4-10-20-13)16-9-3-1-5-12(16)7-8-15(18)19/h12-13H,1-11H2,(H,18,19)/t12-,13-/m0/s1. The van der Waals surface area contributed by atoms with Crippen molar-refractivity contribution in [1.82, 2.24) is 4.90 Å². The molecule has 0 aromatic rings. The minimum atomic E-state index is -0.779. The van der Waals surface area contributed by atoms with E-state index in [1.165, 1.54) is 0 Å².